The Morgan fingerprint density at radius 3 is 2.41 bits per heavy atom. The zero-order valence-electron chi connectivity index (χ0n) is 15.8. The van der Waals surface area contributed by atoms with Crippen LogP contribution in [0.5, 0.6) is 0 Å². The molecule has 27 heavy (non-hydrogen) atoms. The van der Waals surface area contributed by atoms with Gasteiger partial charge in [0.15, 0.2) is 0 Å². The summed E-state index contributed by atoms with van der Waals surface area (Å²) in [6.45, 7) is 3.18. The van der Waals surface area contributed by atoms with Crippen molar-refractivity contribution in [3.05, 3.63) is 48.5 Å². The summed E-state index contributed by atoms with van der Waals surface area (Å²) >= 11 is 0. The molecule has 1 aromatic heterocycles. The quantitative estimate of drug-likeness (QED) is 0.817. The summed E-state index contributed by atoms with van der Waals surface area (Å²) in [5.74, 6) is 0.470. The van der Waals surface area contributed by atoms with Gasteiger partial charge in [0.1, 0.15) is 12.7 Å². The molecule has 1 saturated carbocycles. The Labute approximate surface area is 161 Å². The number of likely N-dealkylation sites (tertiary alicyclic amines) is 1. The first kappa shape index (κ1) is 18.2. The van der Waals surface area contributed by atoms with Gasteiger partial charge in [0.05, 0.1) is 6.04 Å². The predicted octanol–water partition coefficient (Wildman–Crippen LogP) is 2.96. The van der Waals surface area contributed by atoms with Crippen LogP contribution < -0.4 is 5.32 Å². The number of piperidine rings is 1. The van der Waals surface area contributed by atoms with Gasteiger partial charge in [0.2, 0.25) is 5.91 Å². The molecule has 6 heteroatoms. The molecule has 1 unspecified atom stereocenters. The van der Waals surface area contributed by atoms with Crippen LogP contribution in [0.4, 0.5) is 0 Å². The third-order valence-electron chi connectivity index (χ3n) is 6.14. The lowest BCUT2D eigenvalue weighted by Gasteiger charge is -2.34. The average molecular weight is 367 g/mol. The van der Waals surface area contributed by atoms with Crippen molar-refractivity contribution in [2.45, 2.75) is 50.6 Å². The highest BCUT2D eigenvalue weighted by atomic mass is 16.2. The first-order valence-corrected chi connectivity index (χ1v) is 10.2. The number of amides is 1. The van der Waals surface area contributed by atoms with Crippen LogP contribution in [-0.2, 0) is 4.79 Å². The SMILES string of the molecule is O=C(NC(CCN1CCC(n2cnnc2)CC1)c1ccccc1)C1CCC1. The minimum Gasteiger partial charge on any atom is -0.349 e. The molecule has 1 aliphatic carbocycles. The molecule has 0 spiro atoms. The maximum Gasteiger partial charge on any atom is 0.223 e. The third-order valence-corrected chi connectivity index (χ3v) is 6.14. The van der Waals surface area contributed by atoms with E-state index in [9.17, 15) is 4.79 Å². The molecule has 1 aromatic carbocycles. The van der Waals surface area contributed by atoms with Crippen LogP contribution in [0.1, 0.15) is 56.2 Å². The first-order valence-electron chi connectivity index (χ1n) is 10.2. The van der Waals surface area contributed by atoms with Gasteiger partial charge in [0.25, 0.3) is 0 Å². The molecule has 0 radical (unpaired) electrons. The fourth-order valence-corrected chi connectivity index (χ4v) is 4.12. The second-order valence-electron chi connectivity index (χ2n) is 7.87. The number of hydrogen-bond donors (Lipinski definition) is 1. The monoisotopic (exact) mass is 367 g/mol. The Morgan fingerprint density at radius 1 is 1.07 bits per heavy atom. The molecule has 2 aromatic rings. The maximum atomic E-state index is 12.5. The number of nitrogens with one attached hydrogen (secondary N) is 1. The van der Waals surface area contributed by atoms with Crippen molar-refractivity contribution in [3.8, 4) is 0 Å². The summed E-state index contributed by atoms with van der Waals surface area (Å²) in [6, 6.07) is 11.0. The molecule has 144 valence electrons. The van der Waals surface area contributed by atoms with Crippen molar-refractivity contribution < 1.29 is 4.79 Å². The third kappa shape index (κ3) is 4.56. The number of carbonyl (C=O) groups is 1. The van der Waals surface area contributed by atoms with Gasteiger partial charge >= 0.3 is 0 Å². The summed E-state index contributed by atoms with van der Waals surface area (Å²) in [6.07, 6.45) is 10.1. The van der Waals surface area contributed by atoms with Crippen LogP contribution in [0.15, 0.2) is 43.0 Å². The van der Waals surface area contributed by atoms with Crippen molar-refractivity contribution >= 4 is 5.91 Å². The molecule has 1 amide bonds. The maximum absolute atomic E-state index is 12.5. The minimum atomic E-state index is 0.106. The van der Waals surface area contributed by atoms with Gasteiger partial charge in [-0.15, -0.1) is 10.2 Å². The van der Waals surface area contributed by atoms with E-state index in [0.717, 1.165) is 51.7 Å². The molecule has 2 heterocycles. The molecular formula is C21H29N5O. The molecule has 2 fully saturated rings. The first-order chi connectivity index (χ1) is 13.3. The van der Waals surface area contributed by atoms with E-state index in [-0.39, 0.29) is 17.9 Å². The molecule has 0 bridgehead atoms. The van der Waals surface area contributed by atoms with Gasteiger partial charge < -0.3 is 14.8 Å². The molecule has 1 aliphatic heterocycles. The highest BCUT2D eigenvalue weighted by Crippen LogP contribution is 2.28. The van der Waals surface area contributed by atoms with Gasteiger partial charge in [-0.2, -0.15) is 0 Å². The summed E-state index contributed by atoms with van der Waals surface area (Å²) in [5, 5.41) is 11.2. The van der Waals surface area contributed by atoms with Crippen LogP contribution in [0.25, 0.3) is 0 Å². The number of hydrogen-bond acceptors (Lipinski definition) is 4. The van der Waals surface area contributed by atoms with Crippen LogP contribution in [0.3, 0.4) is 0 Å². The highest BCUT2D eigenvalue weighted by molar-refractivity contribution is 5.79. The number of carbonyl (C=O) groups excluding carboxylic acids is 1. The molecule has 1 atom stereocenters. The smallest absolute Gasteiger partial charge is 0.223 e. The highest BCUT2D eigenvalue weighted by Gasteiger charge is 2.28. The van der Waals surface area contributed by atoms with Crippen molar-refractivity contribution in [3.63, 3.8) is 0 Å². The molecule has 1 saturated heterocycles. The van der Waals surface area contributed by atoms with Crippen molar-refractivity contribution in [2.75, 3.05) is 19.6 Å². The van der Waals surface area contributed by atoms with Gasteiger partial charge in [-0.05, 0) is 37.7 Å². The van der Waals surface area contributed by atoms with E-state index < -0.39 is 0 Å². The summed E-state index contributed by atoms with van der Waals surface area (Å²) in [7, 11) is 0. The summed E-state index contributed by atoms with van der Waals surface area (Å²) < 4.78 is 2.13. The van der Waals surface area contributed by atoms with Crippen molar-refractivity contribution in [2.24, 2.45) is 5.92 Å². The van der Waals surface area contributed by atoms with E-state index in [1.165, 1.54) is 12.0 Å². The van der Waals surface area contributed by atoms with Crippen molar-refractivity contribution in [1.82, 2.24) is 25.0 Å². The van der Waals surface area contributed by atoms with Gasteiger partial charge in [-0.1, -0.05) is 36.8 Å². The molecule has 2 aliphatic rings. The fourth-order valence-electron chi connectivity index (χ4n) is 4.12. The average Bonchev–Trinajstić information content (AvgIpc) is 3.19. The lowest BCUT2D eigenvalue weighted by molar-refractivity contribution is -0.128. The molecule has 1 N–H and O–H groups in total. The number of aromatic nitrogens is 3. The second-order valence-corrected chi connectivity index (χ2v) is 7.87. The Balaban J connectivity index is 1.31. The Hall–Kier alpha value is -2.21. The molecule has 4 rings (SSSR count). The number of rotatable bonds is 7. The zero-order chi connectivity index (χ0) is 18.5. The normalized spacial score (nSPS) is 20.1. The summed E-state index contributed by atoms with van der Waals surface area (Å²) in [5.41, 5.74) is 1.21. The minimum absolute atomic E-state index is 0.106. The number of nitrogens with zero attached hydrogens (tertiary/aromatic N) is 4. The standard InChI is InChI=1S/C21H29N5O/c27-21(18-7-4-8-18)24-20(17-5-2-1-3-6-17)11-14-25-12-9-19(10-13-25)26-15-22-23-16-26/h1-3,5-6,15-16,18-20H,4,7-14H2,(H,24,27). The topological polar surface area (TPSA) is 63.1 Å². The van der Waals surface area contributed by atoms with Gasteiger partial charge in [0, 0.05) is 31.6 Å². The van der Waals surface area contributed by atoms with Gasteiger partial charge in [-0.25, -0.2) is 0 Å². The molecule has 6 nitrogen and oxygen atoms in total. The van der Waals surface area contributed by atoms with E-state index in [1.807, 2.05) is 18.7 Å². The zero-order valence-corrected chi connectivity index (χ0v) is 15.8. The molecular weight excluding hydrogens is 338 g/mol. The van der Waals surface area contributed by atoms with Crippen LogP contribution >= 0.6 is 0 Å². The van der Waals surface area contributed by atoms with E-state index in [1.54, 1.807) is 0 Å². The lowest BCUT2D eigenvalue weighted by atomic mass is 9.84. The van der Waals surface area contributed by atoms with Gasteiger partial charge in [-0.3, -0.25) is 4.79 Å². The Morgan fingerprint density at radius 2 is 1.78 bits per heavy atom. The van der Waals surface area contributed by atoms with Crippen LogP contribution in [-0.4, -0.2) is 45.2 Å². The van der Waals surface area contributed by atoms with E-state index in [4.69, 9.17) is 0 Å². The van der Waals surface area contributed by atoms with E-state index >= 15 is 0 Å². The Kier molecular flexibility index (Phi) is 5.82. The largest absolute Gasteiger partial charge is 0.349 e. The van der Waals surface area contributed by atoms with Crippen LogP contribution in [0, 0.1) is 5.92 Å². The van der Waals surface area contributed by atoms with E-state index in [0.29, 0.717) is 6.04 Å². The second kappa shape index (κ2) is 8.65. The summed E-state index contributed by atoms with van der Waals surface area (Å²) in [4.78, 5) is 15.0. The van der Waals surface area contributed by atoms with Crippen molar-refractivity contribution in [1.29, 1.82) is 0 Å². The van der Waals surface area contributed by atoms with Crippen LogP contribution in [0.2, 0.25) is 0 Å². The fraction of sp³-hybridized carbons (Fsp3) is 0.571. The number of benzene rings is 1. The van der Waals surface area contributed by atoms with E-state index in [2.05, 4.69) is 49.2 Å². The Bertz CT molecular complexity index is 705. The predicted molar refractivity (Wildman–Crippen MR) is 104 cm³/mol. The lowest BCUT2D eigenvalue weighted by Crippen LogP contribution is -2.40.